The van der Waals surface area contributed by atoms with E-state index in [2.05, 4.69) is 16.1 Å². The van der Waals surface area contributed by atoms with Gasteiger partial charge in [-0.15, -0.1) is 0 Å². The molecule has 1 aromatic carbocycles. The molecule has 5 rings (SSSR count). The zero-order valence-electron chi connectivity index (χ0n) is 16.8. The smallest absolute Gasteiger partial charge is 0.308 e. The molecule has 1 aliphatic carbocycles. The highest BCUT2D eigenvalue weighted by atomic mass is 16.5. The van der Waals surface area contributed by atoms with E-state index in [4.69, 9.17) is 15.5 Å². The summed E-state index contributed by atoms with van der Waals surface area (Å²) in [5, 5.41) is 5.52. The molecule has 0 radical (unpaired) electrons. The zero-order valence-corrected chi connectivity index (χ0v) is 16.8. The molecule has 1 saturated carbocycles. The number of hydrogen-bond acceptors (Lipinski definition) is 6. The summed E-state index contributed by atoms with van der Waals surface area (Å²) in [6.45, 7) is 0. The fraction of sp³-hybridized carbons (Fsp3) is 0.304. The summed E-state index contributed by atoms with van der Waals surface area (Å²) in [4.78, 5) is 21.3. The van der Waals surface area contributed by atoms with Crippen molar-refractivity contribution in [3.05, 3.63) is 54.5 Å². The van der Waals surface area contributed by atoms with Crippen LogP contribution >= 0.6 is 0 Å². The lowest BCUT2D eigenvalue weighted by Crippen LogP contribution is -2.22. The summed E-state index contributed by atoms with van der Waals surface area (Å²) >= 11 is 0. The number of rotatable bonds is 3. The number of esters is 1. The summed E-state index contributed by atoms with van der Waals surface area (Å²) in [6.07, 6.45) is 7.05. The number of pyridine rings is 1. The first kappa shape index (κ1) is 18.5. The molecular formula is C23H23N5O2. The Labute approximate surface area is 173 Å². The molecule has 30 heavy (non-hydrogen) atoms. The van der Waals surface area contributed by atoms with E-state index in [1.807, 2.05) is 36.5 Å². The van der Waals surface area contributed by atoms with E-state index in [-0.39, 0.29) is 17.8 Å². The van der Waals surface area contributed by atoms with Crippen molar-refractivity contribution in [1.82, 2.24) is 19.6 Å². The van der Waals surface area contributed by atoms with Crippen LogP contribution < -0.4 is 5.73 Å². The molecule has 0 aliphatic heterocycles. The van der Waals surface area contributed by atoms with Crippen LogP contribution in [0.1, 0.15) is 37.3 Å². The third-order valence-corrected chi connectivity index (χ3v) is 6.10. The van der Waals surface area contributed by atoms with Crippen LogP contribution in [0.15, 0.2) is 48.8 Å². The number of nitrogens with zero attached hydrogens (tertiary/aromatic N) is 4. The van der Waals surface area contributed by atoms with Crippen LogP contribution in [-0.2, 0) is 9.53 Å². The number of carbonyl (C=O) groups excluding carboxylic acids is 1. The monoisotopic (exact) mass is 401 g/mol. The van der Waals surface area contributed by atoms with Crippen LogP contribution in [0.2, 0.25) is 0 Å². The Kier molecular flexibility index (Phi) is 4.58. The quantitative estimate of drug-likeness (QED) is 0.522. The molecule has 7 heteroatoms. The molecule has 1 fully saturated rings. The molecule has 1 aliphatic rings. The average molecular weight is 401 g/mol. The molecule has 3 heterocycles. The Morgan fingerprint density at radius 1 is 1.13 bits per heavy atom. The van der Waals surface area contributed by atoms with Gasteiger partial charge in [0.1, 0.15) is 5.82 Å². The molecule has 0 spiro atoms. The topological polar surface area (TPSA) is 95.4 Å². The van der Waals surface area contributed by atoms with Gasteiger partial charge in [-0.05, 0) is 37.8 Å². The summed E-state index contributed by atoms with van der Waals surface area (Å²) in [7, 11) is 1.45. The van der Waals surface area contributed by atoms with Crippen LogP contribution in [-0.4, -0.2) is 32.7 Å². The van der Waals surface area contributed by atoms with Crippen molar-refractivity contribution in [2.75, 3.05) is 12.8 Å². The van der Waals surface area contributed by atoms with Crippen LogP contribution in [0, 0.1) is 5.92 Å². The molecule has 0 atom stereocenters. The van der Waals surface area contributed by atoms with Crippen LogP contribution in [0.3, 0.4) is 0 Å². The predicted octanol–water partition coefficient (Wildman–Crippen LogP) is 3.97. The normalized spacial score (nSPS) is 19.2. The molecule has 0 unspecified atom stereocenters. The molecule has 2 N–H and O–H groups in total. The van der Waals surface area contributed by atoms with Gasteiger partial charge in [-0.2, -0.15) is 9.61 Å². The Morgan fingerprint density at radius 2 is 1.93 bits per heavy atom. The van der Waals surface area contributed by atoms with Gasteiger partial charge in [0, 0.05) is 40.4 Å². The lowest BCUT2D eigenvalue weighted by Gasteiger charge is -2.26. The number of anilines is 1. The fourth-order valence-corrected chi connectivity index (χ4v) is 4.43. The van der Waals surface area contributed by atoms with Crippen molar-refractivity contribution in [3.8, 4) is 11.1 Å². The number of hydrogen-bond donors (Lipinski definition) is 1. The highest BCUT2D eigenvalue weighted by Crippen LogP contribution is 2.37. The van der Waals surface area contributed by atoms with E-state index >= 15 is 0 Å². The van der Waals surface area contributed by atoms with Crippen LogP contribution in [0.25, 0.3) is 27.7 Å². The Morgan fingerprint density at radius 3 is 2.73 bits per heavy atom. The van der Waals surface area contributed by atoms with Gasteiger partial charge in [-0.1, -0.05) is 18.2 Å². The Bertz CT molecular complexity index is 1240. The van der Waals surface area contributed by atoms with Crippen LogP contribution in [0.4, 0.5) is 5.82 Å². The highest BCUT2D eigenvalue weighted by Gasteiger charge is 2.29. The summed E-state index contributed by atoms with van der Waals surface area (Å²) in [5.74, 6) is 0.709. The number of methoxy groups -OCH3 is 1. The van der Waals surface area contributed by atoms with Crippen molar-refractivity contribution in [2.45, 2.75) is 31.6 Å². The van der Waals surface area contributed by atoms with E-state index in [1.54, 1.807) is 10.7 Å². The summed E-state index contributed by atoms with van der Waals surface area (Å²) in [5.41, 5.74) is 10.8. The van der Waals surface area contributed by atoms with E-state index in [1.165, 1.54) is 7.11 Å². The largest absolute Gasteiger partial charge is 0.469 e. The number of nitrogens with two attached hydrogens (primary N) is 1. The SMILES string of the molecule is COC(=O)C1CCC(c2cc(N)n3ncc(-c4cnc5ccccc5c4)c3n2)CC1. The molecule has 3 aromatic heterocycles. The molecule has 0 bridgehead atoms. The number of nitrogen functional groups attached to an aromatic ring is 1. The van der Waals surface area contributed by atoms with Gasteiger partial charge in [-0.3, -0.25) is 9.78 Å². The minimum Gasteiger partial charge on any atom is -0.469 e. The Hall–Kier alpha value is -3.48. The van der Waals surface area contributed by atoms with Crippen molar-refractivity contribution >= 4 is 28.3 Å². The summed E-state index contributed by atoms with van der Waals surface area (Å²) in [6, 6.07) is 12.0. The second-order valence-electron chi connectivity index (χ2n) is 7.89. The number of carbonyl (C=O) groups is 1. The van der Waals surface area contributed by atoms with Gasteiger partial charge in [-0.25, -0.2) is 4.98 Å². The maximum Gasteiger partial charge on any atom is 0.308 e. The first-order valence-corrected chi connectivity index (χ1v) is 10.2. The van der Waals surface area contributed by atoms with Gasteiger partial charge in [0.25, 0.3) is 0 Å². The second-order valence-corrected chi connectivity index (χ2v) is 7.89. The molecule has 4 aromatic rings. The highest BCUT2D eigenvalue weighted by molar-refractivity contribution is 5.86. The number of aromatic nitrogens is 4. The van der Waals surface area contributed by atoms with E-state index in [9.17, 15) is 4.79 Å². The van der Waals surface area contributed by atoms with E-state index in [0.717, 1.165) is 59.1 Å². The van der Waals surface area contributed by atoms with Crippen molar-refractivity contribution in [1.29, 1.82) is 0 Å². The van der Waals surface area contributed by atoms with Gasteiger partial charge < -0.3 is 10.5 Å². The van der Waals surface area contributed by atoms with Gasteiger partial charge in [0.15, 0.2) is 5.65 Å². The van der Waals surface area contributed by atoms with Crippen LogP contribution in [0.5, 0.6) is 0 Å². The lowest BCUT2D eigenvalue weighted by molar-refractivity contribution is -0.146. The fourth-order valence-electron chi connectivity index (χ4n) is 4.43. The number of para-hydroxylation sites is 1. The Balaban J connectivity index is 1.51. The van der Waals surface area contributed by atoms with Crippen molar-refractivity contribution < 1.29 is 9.53 Å². The number of ether oxygens (including phenoxy) is 1. The molecule has 0 saturated heterocycles. The lowest BCUT2D eigenvalue weighted by atomic mass is 9.80. The standard InChI is InChI=1S/C23H23N5O2/c1-30-23(29)15-8-6-14(7-9-15)20-11-21(24)28-22(27-20)18(13-26-28)17-10-16-4-2-3-5-19(16)25-12-17/h2-5,10-15H,6-9,24H2,1H3. The predicted molar refractivity (Wildman–Crippen MR) is 115 cm³/mol. The van der Waals surface area contributed by atoms with Crippen molar-refractivity contribution in [3.63, 3.8) is 0 Å². The van der Waals surface area contributed by atoms with Gasteiger partial charge in [0.2, 0.25) is 0 Å². The zero-order chi connectivity index (χ0) is 20.7. The van der Waals surface area contributed by atoms with Gasteiger partial charge >= 0.3 is 5.97 Å². The molecule has 0 amide bonds. The van der Waals surface area contributed by atoms with Crippen molar-refractivity contribution in [2.24, 2.45) is 5.92 Å². The number of benzene rings is 1. The van der Waals surface area contributed by atoms with Gasteiger partial charge in [0.05, 0.1) is 24.7 Å². The maximum absolute atomic E-state index is 11.8. The molecule has 152 valence electrons. The van der Waals surface area contributed by atoms with E-state index in [0.29, 0.717) is 5.82 Å². The minimum absolute atomic E-state index is 0.0125. The minimum atomic E-state index is -0.113. The number of fused-ring (bicyclic) bond motifs is 2. The first-order valence-electron chi connectivity index (χ1n) is 10.2. The maximum atomic E-state index is 11.8. The third kappa shape index (κ3) is 3.16. The molecule has 7 nitrogen and oxygen atoms in total. The second kappa shape index (κ2) is 7.40. The van der Waals surface area contributed by atoms with E-state index < -0.39 is 0 Å². The summed E-state index contributed by atoms with van der Waals surface area (Å²) < 4.78 is 6.57. The molecular weight excluding hydrogens is 378 g/mol. The third-order valence-electron chi connectivity index (χ3n) is 6.10. The first-order chi connectivity index (χ1) is 14.6. The average Bonchev–Trinajstić information content (AvgIpc) is 3.23.